The van der Waals surface area contributed by atoms with E-state index >= 15 is 0 Å². The van der Waals surface area contributed by atoms with Crippen LogP contribution in [0, 0.1) is 0 Å². The lowest BCUT2D eigenvalue weighted by molar-refractivity contribution is 0.884. The van der Waals surface area contributed by atoms with E-state index in [1.165, 1.54) is 0 Å². The highest BCUT2D eigenvalue weighted by molar-refractivity contribution is 6.30. The number of aromatic nitrogens is 2. The van der Waals surface area contributed by atoms with Crippen molar-refractivity contribution in [1.29, 1.82) is 0 Å². The van der Waals surface area contributed by atoms with Crippen LogP contribution in [0.5, 0.6) is 0 Å². The molecule has 0 atom stereocenters. The minimum atomic E-state index is 0.654. The van der Waals surface area contributed by atoms with E-state index in [0.717, 1.165) is 16.9 Å². The van der Waals surface area contributed by atoms with Gasteiger partial charge in [0.15, 0.2) is 0 Å². The number of hydrogen-bond donors (Lipinski definition) is 1. The molecular weight excluding hydrogens is 258 g/mol. The quantitative estimate of drug-likeness (QED) is 0.769. The number of nitrogens with zero attached hydrogens (tertiary/aromatic N) is 2. The zero-order valence-electron chi connectivity index (χ0n) is 10.1. The summed E-state index contributed by atoms with van der Waals surface area (Å²) >= 11 is 5.88. The monoisotopic (exact) mass is 269 g/mol. The molecular formula is C15H12ClN3. The summed E-state index contributed by atoms with van der Waals surface area (Å²) in [5, 5.41) is 5.23. The molecule has 4 heteroatoms. The third-order valence-corrected chi connectivity index (χ3v) is 3.13. The van der Waals surface area contributed by atoms with Crippen molar-refractivity contribution in [2.75, 3.05) is 5.73 Å². The van der Waals surface area contributed by atoms with Crippen molar-refractivity contribution in [3.63, 3.8) is 0 Å². The molecule has 94 valence electrons. The molecule has 0 saturated carbocycles. The second-order valence-corrected chi connectivity index (χ2v) is 4.66. The predicted molar refractivity (Wildman–Crippen MR) is 78.4 cm³/mol. The van der Waals surface area contributed by atoms with E-state index < -0.39 is 0 Å². The van der Waals surface area contributed by atoms with Crippen LogP contribution in [0.25, 0.3) is 16.9 Å². The number of anilines is 1. The van der Waals surface area contributed by atoms with E-state index in [4.69, 9.17) is 17.3 Å². The van der Waals surface area contributed by atoms with Crippen LogP contribution in [-0.4, -0.2) is 9.78 Å². The highest BCUT2D eigenvalue weighted by atomic mass is 35.5. The Kier molecular flexibility index (Phi) is 2.97. The molecule has 3 nitrogen and oxygen atoms in total. The predicted octanol–water partition coefficient (Wildman–Crippen LogP) is 3.77. The smallest absolute Gasteiger partial charge is 0.116 e. The van der Waals surface area contributed by atoms with Gasteiger partial charge in [-0.05, 0) is 24.3 Å². The van der Waals surface area contributed by atoms with Crippen LogP contribution < -0.4 is 5.73 Å². The molecule has 0 aliphatic rings. The first-order valence-corrected chi connectivity index (χ1v) is 6.28. The molecule has 2 aromatic carbocycles. The van der Waals surface area contributed by atoms with E-state index in [0.29, 0.717) is 10.7 Å². The highest BCUT2D eigenvalue weighted by Crippen LogP contribution is 2.25. The molecule has 3 aromatic rings. The van der Waals surface area contributed by atoms with Crippen molar-refractivity contribution >= 4 is 17.3 Å². The Morgan fingerprint density at radius 1 is 0.947 bits per heavy atom. The molecule has 0 fully saturated rings. The van der Waals surface area contributed by atoms with Gasteiger partial charge in [0, 0.05) is 10.6 Å². The lowest BCUT2D eigenvalue weighted by Gasteiger charge is -2.00. The summed E-state index contributed by atoms with van der Waals surface area (Å²) in [5.41, 5.74) is 9.41. The second kappa shape index (κ2) is 4.78. The fraction of sp³-hybridized carbons (Fsp3) is 0. The molecule has 0 radical (unpaired) electrons. The van der Waals surface area contributed by atoms with Crippen molar-refractivity contribution in [3.8, 4) is 16.9 Å². The molecule has 1 aromatic heterocycles. The highest BCUT2D eigenvalue weighted by Gasteiger charge is 2.09. The van der Waals surface area contributed by atoms with Gasteiger partial charge in [0.05, 0.1) is 17.6 Å². The van der Waals surface area contributed by atoms with Crippen molar-refractivity contribution in [3.05, 3.63) is 65.8 Å². The fourth-order valence-electron chi connectivity index (χ4n) is 1.93. The Bertz CT molecular complexity index is 687. The van der Waals surface area contributed by atoms with E-state index in [1.807, 2.05) is 60.8 Å². The number of nitrogens with two attached hydrogens (primary N) is 1. The molecule has 0 aliphatic heterocycles. The summed E-state index contributed by atoms with van der Waals surface area (Å²) in [4.78, 5) is 0. The van der Waals surface area contributed by atoms with E-state index in [1.54, 1.807) is 4.68 Å². The minimum Gasteiger partial charge on any atom is -0.396 e. The first kappa shape index (κ1) is 11.8. The van der Waals surface area contributed by atoms with E-state index in [2.05, 4.69) is 5.10 Å². The van der Waals surface area contributed by atoms with Crippen LogP contribution in [0.4, 0.5) is 5.69 Å². The number of halogens is 1. The molecule has 0 unspecified atom stereocenters. The van der Waals surface area contributed by atoms with Gasteiger partial charge < -0.3 is 5.73 Å². The van der Waals surface area contributed by atoms with E-state index in [9.17, 15) is 0 Å². The van der Waals surface area contributed by atoms with Gasteiger partial charge in [-0.15, -0.1) is 0 Å². The molecule has 3 rings (SSSR count). The molecule has 0 spiro atoms. The van der Waals surface area contributed by atoms with Gasteiger partial charge in [-0.1, -0.05) is 41.9 Å². The summed E-state index contributed by atoms with van der Waals surface area (Å²) in [7, 11) is 0. The maximum absolute atomic E-state index is 6.03. The zero-order chi connectivity index (χ0) is 13.2. The largest absolute Gasteiger partial charge is 0.396 e. The minimum absolute atomic E-state index is 0.654. The molecule has 1 heterocycles. The number of benzene rings is 2. The molecule has 0 amide bonds. The topological polar surface area (TPSA) is 43.8 Å². The van der Waals surface area contributed by atoms with E-state index in [-0.39, 0.29) is 0 Å². The Balaban J connectivity index is 2.04. The van der Waals surface area contributed by atoms with Crippen molar-refractivity contribution in [1.82, 2.24) is 9.78 Å². The fourth-order valence-corrected chi connectivity index (χ4v) is 2.06. The maximum Gasteiger partial charge on any atom is 0.116 e. The van der Waals surface area contributed by atoms with Crippen LogP contribution in [0.15, 0.2) is 60.8 Å². The number of rotatable bonds is 2. The average molecular weight is 270 g/mol. The van der Waals surface area contributed by atoms with Gasteiger partial charge in [-0.3, -0.25) is 0 Å². The normalized spacial score (nSPS) is 10.6. The SMILES string of the molecule is Nc1cn(-c2ccc(Cl)cc2)nc1-c1ccccc1. The summed E-state index contributed by atoms with van der Waals surface area (Å²) in [6, 6.07) is 17.4. The number of hydrogen-bond acceptors (Lipinski definition) is 2. The van der Waals surface area contributed by atoms with Gasteiger partial charge in [0.1, 0.15) is 5.69 Å². The first-order chi connectivity index (χ1) is 9.24. The van der Waals surface area contributed by atoms with Crippen molar-refractivity contribution < 1.29 is 0 Å². The van der Waals surface area contributed by atoms with Gasteiger partial charge in [0.25, 0.3) is 0 Å². The van der Waals surface area contributed by atoms with Crippen LogP contribution in [0.3, 0.4) is 0 Å². The Labute approximate surface area is 116 Å². The summed E-state index contributed by atoms with van der Waals surface area (Å²) in [6.45, 7) is 0. The van der Waals surface area contributed by atoms with Crippen LogP contribution in [0.2, 0.25) is 5.02 Å². The van der Waals surface area contributed by atoms with Gasteiger partial charge in [0.2, 0.25) is 0 Å². The lowest BCUT2D eigenvalue weighted by atomic mass is 10.1. The molecule has 0 saturated heterocycles. The van der Waals surface area contributed by atoms with Crippen LogP contribution in [-0.2, 0) is 0 Å². The van der Waals surface area contributed by atoms with Gasteiger partial charge in [-0.2, -0.15) is 5.10 Å². The Morgan fingerprint density at radius 3 is 2.32 bits per heavy atom. The summed E-state index contributed by atoms with van der Waals surface area (Å²) in [5.74, 6) is 0. The standard InChI is InChI=1S/C15H12ClN3/c16-12-6-8-13(9-7-12)19-10-14(17)15(18-19)11-4-2-1-3-5-11/h1-10H,17H2. The Hall–Kier alpha value is -2.26. The Morgan fingerprint density at radius 2 is 1.63 bits per heavy atom. The summed E-state index contributed by atoms with van der Waals surface area (Å²) < 4.78 is 1.76. The molecule has 0 bridgehead atoms. The third-order valence-electron chi connectivity index (χ3n) is 2.88. The average Bonchev–Trinajstić information content (AvgIpc) is 2.83. The first-order valence-electron chi connectivity index (χ1n) is 5.90. The number of nitrogen functional groups attached to an aromatic ring is 1. The third kappa shape index (κ3) is 2.33. The van der Waals surface area contributed by atoms with Crippen LogP contribution in [0.1, 0.15) is 0 Å². The van der Waals surface area contributed by atoms with Gasteiger partial charge in [-0.25, -0.2) is 4.68 Å². The molecule has 19 heavy (non-hydrogen) atoms. The molecule has 0 aliphatic carbocycles. The maximum atomic E-state index is 6.03. The van der Waals surface area contributed by atoms with Crippen LogP contribution >= 0.6 is 11.6 Å². The lowest BCUT2D eigenvalue weighted by Crippen LogP contribution is -1.94. The second-order valence-electron chi connectivity index (χ2n) is 4.22. The van der Waals surface area contributed by atoms with Gasteiger partial charge >= 0.3 is 0 Å². The zero-order valence-corrected chi connectivity index (χ0v) is 10.9. The summed E-state index contributed by atoms with van der Waals surface area (Å²) in [6.07, 6.45) is 1.81. The molecule has 2 N–H and O–H groups in total. The van der Waals surface area contributed by atoms with Crippen molar-refractivity contribution in [2.24, 2.45) is 0 Å². The van der Waals surface area contributed by atoms with Crippen molar-refractivity contribution in [2.45, 2.75) is 0 Å².